The molecule has 0 bridgehead atoms. The van der Waals surface area contributed by atoms with E-state index in [9.17, 15) is 14.7 Å². The second-order valence-electron chi connectivity index (χ2n) is 8.94. The average molecular weight is 481 g/mol. The number of ether oxygens (including phenoxy) is 1. The first kappa shape index (κ1) is 23.4. The van der Waals surface area contributed by atoms with Crippen molar-refractivity contribution in [3.63, 3.8) is 0 Å². The normalized spacial score (nSPS) is 14.4. The monoisotopic (exact) mass is 480 g/mol. The van der Waals surface area contributed by atoms with Crippen LogP contribution in [0.1, 0.15) is 39.1 Å². The minimum atomic E-state index is -0.935. The number of nitrogens with one attached hydrogen (secondary N) is 1. The number of hydrogen-bond acceptors (Lipinski definition) is 4. The van der Waals surface area contributed by atoms with Crippen LogP contribution in [0.4, 0.5) is 5.69 Å². The molecule has 0 fully saturated rings. The van der Waals surface area contributed by atoms with Crippen LogP contribution >= 0.6 is 0 Å². The maximum Gasteiger partial charge on any atom is 0.336 e. The molecule has 0 unspecified atom stereocenters. The molecule has 0 radical (unpaired) electrons. The Morgan fingerprint density at radius 3 is 2.61 bits per heavy atom. The molecule has 36 heavy (non-hydrogen) atoms. The Labute approximate surface area is 210 Å². The van der Waals surface area contributed by atoms with Crippen molar-refractivity contribution >= 4 is 17.6 Å². The van der Waals surface area contributed by atoms with Crippen LogP contribution in [0, 0.1) is 0 Å². The Morgan fingerprint density at radius 2 is 1.83 bits per heavy atom. The van der Waals surface area contributed by atoms with Gasteiger partial charge in [-0.1, -0.05) is 60.7 Å². The van der Waals surface area contributed by atoms with Gasteiger partial charge in [0.25, 0.3) is 5.91 Å². The lowest BCUT2D eigenvalue weighted by Crippen LogP contribution is -2.32. The van der Waals surface area contributed by atoms with Gasteiger partial charge in [-0.3, -0.25) is 4.79 Å². The lowest BCUT2D eigenvalue weighted by molar-refractivity contribution is 0.0697. The van der Waals surface area contributed by atoms with E-state index < -0.39 is 5.97 Å². The van der Waals surface area contributed by atoms with Crippen LogP contribution in [-0.2, 0) is 6.54 Å². The number of fused-ring (bicyclic) bond motifs is 1. The molecule has 0 saturated heterocycles. The number of carbonyl (C=O) groups excluding carboxylic acids is 1. The van der Waals surface area contributed by atoms with E-state index in [0.29, 0.717) is 42.1 Å². The van der Waals surface area contributed by atoms with Crippen molar-refractivity contribution in [3.8, 4) is 16.9 Å². The summed E-state index contributed by atoms with van der Waals surface area (Å²) in [5, 5.41) is 12.5. The lowest BCUT2D eigenvalue weighted by Gasteiger charge is -2.31. The molecule has 2 N–H and O–H groups in total. The molecule has 0 spiro atoms. The summed E-state index contributed by atoms with van der Waals surface area (Å²) in [6.45, 7) is 2.48. The van der Waals surface area contributed by atoms with Crippen LogP contribution in [0.15, 0.2) is 90.5 Å². The maximum absolute atomic E-state index is 12.7. The SMILES string of the molecule is O=C(NCC1=CCCC=C1)c1ccc2c(c1)OCCN2Cc1ccc(-c2ccccc2C(=O)O)cc1. The van der Waals surface area contributed by atoms with Crippen molar-refractivity contribution in [1.82, 2.24) is 5.32 Å². The first-order valence-electron chi connectivity index (χ1n) is 12.2. The minimum Gasteiger partial charge on any atom is -0.490 e. The van der Waals surface area contributed by atoms with E-state index in [1.54, 1.807) is 12.1 Å². The number of benzene rings is 3. The third-order valence-electron chi connectivity index (χ3n) is 6.50. The fraction of sp³-hybridized carbons (Fsp3) is 0.200. The van der Waals surface area contributed by atoms with E-state index in [0.717, 1.165) is 41.8 Å². The van der Waals surface area contributed by atoms with Crippen molar-refractivity contribution in [2.45, 2.75) is 19.4 Å². The molecule has 1 heterocycles. The molecule has 0 saturated carbocycles. The molecule has 1 aliphatic heterocycles. The second-order valence-corrected chi connectivity index (χ2v) is 8.94. The van der Waals surface area contributed by atoms with Crippen LogP contribution in [-0.4, -0.2) is 36.7 Å². The Hall–Kier alpha value is -4.32. The summed E-state index contributed by atoms with van der Waals surface area (Å²) >= 11 is 0. The van der Waals surface area contributed by atoms with E-state index in [-0.39, 0.29) is 5.91 Å². The third kappa shape index (κ3) is 5.18. The number of carboxylic acids is 1. The van der Waals surface area contributed by atoms with Crippen molar-refractivity contribution in [2.24, 2.45) is 0 Å². The predicted molar refractivity (Wildman–Crippen MR) is 141 cm³/mol. The molecule has 1 aliphatic carbocycles. The highest BCUT2D eigenvalue weighted by Crippen LogP contribution is 2.34. The molecule has 1 amide bonds. The minimum absolute atomic E-state index is 0.115. The van der Waals surface area contributed by atoms with E-state index >= 15 is 0 Å². The highest BCUT2D eigenvalue weighted by atomic mass is 16.5. The molecule has 6 heteroatoms. The van der Waals surface area contributed by atoms with Crippen molar-refractivity contribution in [1.29, 1.82) is 0 Å². The summed E-state index contributed by atoms with van der Waals surface area (Å²) < 4.78 is 5.89. The standard InChI is InChI=1S/C30H28N2O4/c33-29(31-19-21-6-2-1-3-7-21)24-14-15-27-28(18-24)36-17-16-32(27)20-22-10-12-23(13-11-22)25-8-4-5-9-26(25)30(34)35/h2,4-15,18H,1,3,16-17,19-20H2,(H,31,33)(H,34,35). The first-order valence-corrected chi connectivity index (χ1v) is 12.2. The zero-order chi connectivity index (χ0) is 24.9. The highest BCUT2D eigenvalue weighted by Gasteiger charge is 2.20. The van der Waals surface area contributed by atoms with Crippen LogP contribution in [0.3, 0.4) is 0 Å². The summed E-state index contributed by atoms with van der Waals surface area (Å²) in [6, 6.07) is 20.6. The molecule has 2 aliphatic rings. The number of hydrogen-bond donors (Lipinski definition) is 2. The Bertz CT molecular complexity index is 1340. The maximum atomic E-state index is 12.7. The van der Waals surface area contributed by atoms with Crippen molar-refractivity contribution in [2.75, 3.05) is 24.6 Å². The third-order valence-corrected chi connectivity index (χ3v) is 6.50. The molecule has 182 valence electrons. The topological polar surface area (TPSA) is 78.9 Å². The van der Waals surface area contributed by atoms with Crippen molar-refractivity contribution < 1.29 is 19.4 Å². The number of carbonyl (C=O) groups is 2. The smallest absolute Gasteiger partial charge is 0.336 e. The van der Waals surface area contributed by atoms with Crippen LogP contribution in [0.2, 0.25) is 0 Å². The van der Waals surface area contributed by atoms with E-state index in [1.807, 2.05) is 54.6 Å². The summed E-state index contributed by atoms with van der Waals surface area (Å²) in [4.78, 5) is 26.5. The van der Waals surface area contributed by atoms with Gasteiger partial charge in [-0.25, -0.2) is 4.79 Å². The van der Waals surface area contributed by atoms with Crippen molar-refractivity contribution in [3.05, 3.63) is 107 Å². The fourth-order valence-electron chi connectivity index (χ4n) is 4.60. The molecule has 3 aromatic carbocycles. The van der Waals surface area contributed by atoms with Gasteiger partial charge in [-0.2, -0.15) is 0 Å². The van der Waals surface area contributed by atoms with E-state index in [2.05, 4.69) is 28.4 Å². The van der Waals surface area contributed by atoms with Gasteiger partial charge in [0, 0.05) is 18.7 Å². The van der Waals surface area contributed by atoms with Crippen LogP contribution in [0.5, 0.6) is 5.75 Å². The zero-order valence-corrected chi connectivity index (χ0v) is 19.9. The Balaban J connectivity index is 1.27. The Morgan fingerprint density at radius 1 is 1.00 bits per heavy atom. The molecule has 5 rings (SSSR count). The molecule has 3 aromatic rings. The van der Waals surface area contributed by atoms with Gasteiger partial charge in [0.15, 0.2) is 0 Å². The average Bonchev–Trinajstić information content (AvgIpc) is 2.92. The molecular formula is C30H28N2O4. The van der Waals surface area contributed by atoms with Gasteiger partial charge in [-0.15, -0.1) is 0 Å². The number of carboxylic acid groups (broad SMARTS) is 1. The summed E-state index contributed by atoms with van der Waals surface area (Å²) in [6.07, 6.45) is 8.42. The predicted octanol–water partition coefficient (Wildman–Crippen LogP) is 5.46. The van der Waals surface area contributed by atoms with Crippen LogP contribution < -0.4 is 15.0 Å². The zero-order valence-electron chi connectivity index (χ0n) is 19.9. The van der Waals surface area contributed by atoms with Gasteiger partial charge in [0.1, 0.15) is 12.4 Å². The largest absolute Gasteiger partial charge is 0.490 e. The number of aromatic carboxylic acids is 1. The van der Waals surface area contributed by atoms with Gasteiger partial charge >= 0.3 is 5.97 Å². The fourth-order valence-corrected chi connectivity index (χ4v) is 4.60. The second kappa shape index (κ2) is 10.5. The first-order chi connectivity index (χ1) is 17.6. The van der Waals surface area contributed by atoms with Gasteiger partial charge in [0.05, 0.1) is 17.8 Å². The quantitative estimate of drug-likeness (QED) is 0.470. The highest BCUT2D eigenvalue weighted by molar-refractivity contribution is 5.96. The van der Waals surface area contributed by atoms with Crippen LogP contribution in [0.25, 0.3) is 11.1 Å². The number of nitrogens with zero attached hydrogens (tertiary/aromatic N) is 1. The van der Waals surface area contributed by atoms with Gasteiger partial charge in [0.2, 0.25) is 0 Å². The van der Waals surface area contributed by atoms with E-state index in [4.69, 9.17) is 4.74 Å². The molecule has 0 atom stereocenters. The molecular weight excluding hydrogens is 452 g/mol. The summed E-state index contributed by atoms with van der Waals surface area (Å²) in [5.74, 6) is -0.344. The van der Waals surface area contributed by atoms with E-state index in [1.165, 1.54) is 0 Å². The number of anilines is 1. The van der Waals surface area contributed by atoms with Gasteiger partial charge < -0.3 is 20.1 Å². The van der Waals surface area contributed by atoms with Gasteiger partial charge in [-0.05, 0) is 59.4 Å². The number of amides is 1. The lowest BCUT2D eigenvalue weighted by atomic mass is 9.98. The Kier molecular flexibility index (Phi) is 6.85. The summed E-state index contributed by atoms with van der Waals surface area (Å²) in [5.41, 5.74) is 5.64. The molecule has 6 nitrogen and oxygen atoms in total. The number of allylic oxidation sites excluding steroid dienone is 2. The molecule has 0 aromatic heterocycles. The number of rotatable bonds is 7. The summed E-state index contributed by atoms with van der Waals surface area (Å²) in [7, 11) is 0.